The van der Waals surface area contributed by atoms with Crippen LogP contribution in [0.1, 0.15) is 38.7 Å². The maximum atomic E-state index is 14.2. The van der Waals surface area contributed by atoms with Crippen molar-refractivity contribution < 1.29 is 8.78 Å². The van der Waals surface area contributed by atoms with Gasteiger partial charge in [0, 0.05) is 19.6 Å². The summed E-state index contributed by atoms with van der Waals surface area (Å²) in [5, 5.41) is 3.09. The average molecular weight is 282 g/mol. The van der Waals surface area contributed by atoms with Crippen LogP contribution in [-0.2, 0) is 6.54 Å². The molecule has 2 nitrogen and oxygen atoms in total. The zero-order chi connectivity index (χ0) is 14.5. The summed E-state index contributed by atoms with van der Waals surface area (Å²) < 4.78 is 28.5. The SMILES string of the molecule is CCNCc1cc(F)c(N2CCCC(CC)C2)c(F)c1. The summed E-state index contributed by atoms with van der Waals surface area (Å²) >= 11 is 0. The van der Waals surface area contributed by atoms with Gasteiger partial charge >= 0.3 is 0 Å². The van der Waals surface area contributed by atoms with E-state index in [-0.39, 0.29) is 5.69 Å². The van der Waals surface area contributed by atoms with Gasteiger partial charge in [0.15, 0.2) is 0 Å². The molecule has 1 aromatic carbocycles. The van der Waals surface area contributed by atoms with Crippen molar-refractivity contribution in [3.05, 3.63) is 29.3 Å². The molecule has 20 heavy (non-hydrogen) atoms. The molecule has 0 radical (unpaired) electrons. The minimum atomic E-state index is -0.436. The Morgan fingerprint density at radius 2 is 1.95 bits per heavy atom. The molecule has 1 aliphatic heterocycles. The fourth-order valence-corrected chi connectivity index (χ4v) is 2.89. The molecule has 112 valence electrons. The molecule has 0 amide bonds. The van der Waals surface area contributed by atoms with Crippen LogP contribution in [0.15, 0.2) is 12.1 Å². The van der Waals surface area contributed by atoms with Crippen LogP contribution >= 0.6 is 0 Å². The second kappa shape index (κ2) is 7.02. The number of hydrogen-bond donors (Lipinski definition) is 1. The largest absolute Gasteiger partial charge is 0.367 e. The van der Waals surface area contributed by atoms with Gasteiger partial charge in [0.1, 0.15) is 17.3 Å². The predicted octanol–water partition coefficient (Wildman–Crippen LogP) is 3.70. The first kappa shape index (κ1) is 15.2. The highest BCUT2D eigenvalue weighted by atomic mass is 19.1. The topological polar surface area (TPSA) is 15.3 Å². The Kier molecular flexibility index (Phi) is 5.35. The molecule has 0 aliphatic carbocycles. The number of nitrogens with zero attached hydrogens (tertiary/aromatic N) is 1. The lowest BCUT2D eigenvalue weighted by Crippen LogP contribution is -2.36. The lowest BCUT2D eigenvalue weighted by molar-refractivity contribution is 0.397. The molecule has 1 fully saturated rings. The van der Waals surface area contributed by atoms with Crippen molar-refractivity contribution in [2.45, 2.75) is 39.7 Å². The third-order valence-electron chi connectivity index (χ3n) is 4.07. The van der Waals surface area contributed by atoms with Crippen LogP contribution in [-0.4, -0.2) is 19.6 Å². The summed E-state index contributed by atoms with van der Waals surface area (Å²) in [4.78, 5) is 1.87. The quantitative estimate of drug-likeness (QED) is 0.886. The van der Waals surface area contributed by atoms with Crippen molar-refractivity contribution in [3.63, 3.8) is 0 Å². The molecule has 1 unspecified atom stereocenters. The number of nitrogens with one attached hydrogen (secondary N) is 1. The molecule has 1 aliphatic rings. The van der Waals surface area contributed by atoms with Crippen LogP contribution in [0.3, 0.4) is 0 Å². The van der Waals surface area contributed by atoms with E-state index >= 15 is 0 Å². The molecule has 1 N–H and O–H groups in total. The normalized spacial score (nSPS) is 19.4. The summed E-state index contributed by atoms with van der Waals surface area (Å²) in [6, 6.07) is 2.91. The van der Waals surface area contributed by atoms with E-state index in [1.807, 2.05) is 11.8 Å². The van der Waals surface area contributed by atoms with Crippen molar-refractivity contribution in [2.75, 3.05) is 24.5 Å². The minimum Gasteiger partial charge on any atom is -0.367 e. The second-order valence-electron chi connectivity index (χ2n) is 5.55. The third-order valence-corrected chi connectivity index (χ3v) is 4.07. The zero-order valence-corrected chi connectivity index (χ0v) is 12.4. The van der Waals surface area contributed by atoms with Crippen LogP contribution in [0.25, 0.3) is 0 Å². The molecule has 2 rings (SSSR count). The standard InChI is InChI=1S/C16H24F2N2/c1-3-12-6-5-7-20(11-12)16-14(17)8-13(9-15(16)18)10-19-4-2/h8-9,12,19H,3-7,10-11H2,1-2H3. The number of piperidine rings is 1. The molecule has 1 heterocycles. The van der Waals surface area contributed by atoms with Gasteiger partial charge in [0.25, 0.3) is 0 Å². The van der Waals surface area contributed by atoms with Crippen LogP contribution in [0, 0.1) is 17.6 Å². The van der Waals surface area contributed by atoms with E-state index in [2.05, 4.69) is 12.2 Å². The highest BCUT2D eigenvalue weighted by Gasteiger charge is 2.24. The Bertz CT molecular complexity index is 425. The number of halogens is 2. The second-order valence-corrected chi connectivity index (χ2v) is 5.55. The minimum absolute atomic E-state index is 0.156. The molecule has 0 saturated carbocycles. The maximum Gasteiger partial charge on any atom is 0.149 e. The molecule has 4 heteroatoms. The lowest BCUT2D eigenvalue weighted by Gasteiger charge is -2.34. The molecular weight excluding hydrogens is 258 g/mol. The fourth-order valence-electron chi connectivity index (χ4n) is 2.89. The van der Waals surface area contributed by atoms with E-state index in [9.17, 15) is 8.78 Å². The van der Waals surface area contributed by atoms with Gasteiger partial charge in [0.2, 0.25) is 0 Å². The van der Waals surface area contributed by atoms with Gasteiger partial charge in [-0.25, -0.2) is 8.78 Å². The van der Waals surface area contributed by atoms with E-state index in [0.717, 1.165) is 38.9 Å². The summed E-state index contributed by atoms with van der Waals surface area (Å²) in [7, 11) is 0. The number of hydrogen-bond acceptors (Lipinski definition) is 2. The molecule has 1 saturated heterocycles. The molecule has 0 spiro atoms. The van der Waals surface area contributed by atoms with E-state index in [1.165, 1.54) is 12.1 Å². The lowest BCUT2D eigenvalue weighted by atomic mass is 9.95. The van der Waals surface area contributed by atoms with Gasteiger partial charge in [-0.15, -0.1) is 0 Å². The Morgan fingerprint density at radius 3 is 2.55 bits per heavy atom. The van der Waals surface area contributed by atoms with Crippen molar-refractivity contribution in [1.29, 1.82) is 0 Å². The van der Waals surface area contributed by atoms with E-state index in [4.69, 9.17) is 0 Å². The van der Waals surface area contributed by atoms with Crippen molar-refractivity contribution >= 4 is 5.69 Å². The first-order chi connectivity index (χ1) is 9.65. The van der Waals surface area contributed by atoms with Crippen molar-refractivity contribution in [3.8, 4) is 0 Å². The van der Waals surface area contributed by atoms with Gasteiger partial charge in [-0.05, 0) is 43.0 Å². The number of rotatable bonds is 5. The Labute approximate surface area is 120 Å². The monoisotopic (exact) mass is 282 g/mol. The summed E-state index contributed by atoms with van der Waals surface area (Å²) in [5.74, 6) is -0.326. The third kappa shape index (κ3) is 3.48. The van der Waals surface area contributed by atoms with Gasteiger partial charge in [-0.3, -0.25) is 0 Å². The molecule has 0 aromatic heterocycles. The van der Waals surface area contributed by atoms with Gasteiger partial charge in [-0.2, -0.15) is 0 Å². The average Bonchev–Trinajstić information content (AvgIpc) is 2.44. The first-order valence-electron chi connectivity index (χ1n) is 7.59. The van der Waals surface area contributed by atoms with Crippen LogP contribution < -0.4 is 10.2 Å². The summed E-state index contributed by atoms with van der Waals surface area (Å²) in [5.41, 5.74) is 0.818. The summed E-state index contributed by atoms with van der Waals surface area (Å²) in [6.07, 6.45) is 3.24. The Morgan fingerprint density at radius 1 is 1.25 bits per heavy atom. The van der Waals surface area contributed by atoms with Gasteiger partial charge < -0.3 is 10.2 Å². The maximum absolute atomic E-state index is 14.2. The van der Waals surface area contributed by atoms with Crippen LogP contribution in [0.4, 0.5) is 14.5 Å². The predicted molar refractivity (Wildman–Crippen MR) is 79.0 cm³/mol. The Hall–Kier alpha value is -1.16. The van der Waals surface area contributed by atoms with Crippen LogP contribution in [0.2, 0.25) is 0 Å². The number of anilines is 1. The van der Waals surface area contributed by atoms with Crippen molar-refractivity contribution in [1.82, 2.24) is 5.32 Å². The van der Waals surface area contributed by atoms with Gasteiger partial charge in [0.05, 0.1) is 0 Å². The van der Waals surface area contributed by atoms with E-state index < -0.39 is 11.6 Å². The van der Waals surface area contributed by atoms with Gasteiger partial charge in [-0.1, -0.05) is 20.3 Å². The zero-order valence-electron chi connectivity index (χ0n) is 12.4. The molecule has 0 bridgehead atoms. The Balaban J connectivity index is 2.19. The van der Waals surface area contributed by atoms with Crippen LogP contribution in [0.5, 0.6) is 0 Å². The highest BCUT2D eigenvalue weighted by Crippen LogP contribution is 2.30. The molecule has 1 atom stereocenters. The first-order valence-corrected chi connectivity index (χ1v) is 7.59. The van der Waals surface area contributed by atoms with Crippen molar-refractivity contribution in [2.24, 2.45) is 5.92 Å². The fraction of sp³-hybridized carbons (Fsp3) is 0.625. The van der Waals surface area contributed by atoms with E-state index in [0.29, 0.717) is 18.0 Å². The molecular formula is C16H24F2N2. The highest BCUT2D eigenvalue weighted by molar-refractivity contribution is 5.51. The number of benzene rings is 1. The smallest absolute Gasteiger partial charge is 0.149 e. The van der Waals surface area contributed by atoms with E-state index in [1.54, 1.807) is 0 Å². The summed E-state index contributed by atoms with van der Waals surface area (Å²) in [6.45, 7) is 6.91. The molecule has 1 aromatic rings.